The molecule has 36 heavy (non-hydrogen) atoms. The first-order chi connectivity index (χ1) is 17.7. The number of amides is 1. The van der Waals surface area contributed by atoms with Crippen LogP contribution in [0.4, 0.5) is 0 Å². The minimum Gasteiger partial charge on any atom is -0.375 e. The number of fused-ring (bicyclic) bond motifs is 1. The number of carbonyl (C=O) groups excluding carboxylic acids is 1. The van der Waals surface area contributed by atoms with E-state index in [1.165, 1.54) is 6.42 Å². The number of likely N-dealkylation sites (N-methyl/N-ethyl adjacent to an activating group) is 1. The SMILES string of the molecule is CC[C@H](NC(=O)c1c(COC[C@@H]2CCCN2C)c(-c2cccs2)nc2ccccc12)c1ccccc1. The molecule has 0 spiro atoms. The molecule has 186 valence electrons. The van der Waals surface area contributed by atoms with E-state index in [0.29, 0.717) is 24.8 Å². The molecule has 6 heteroatoms. The third-order valence-corrected chi connectivity index (χ3v) is 8.00. The van der Waals surface area contributed by atoms with Crippen LogP contribution in [0.5, 0.6) is 0 Å². The van der Waals surface area contributed by atoms with Gasteiger partial charge in [0.2, 0.25) is 0 Å². The number of nitrogens with zero attached hydrogens (tertiary/aromatic N) is 2. The van der Waals surface area contributed by atoms with E-state index >= 15 is 0 Å². The Balaban J connectivity index is 1.55. The summed E-state index contributed by atoms with van der Waals surface area (Å²) >= 11 is 1.64. The third kappa shape index (κ3) is 5.21. The van der Waals surface area contributed by atoms with Gasteiger partial charge in [0.15, 0.2) is 0 Å². The van der Waals surface area contributed by atoms with Crippen molar-refractivity contribution in [1.82, 2.24) is 15.2 Å². The molecule has 4 aromatic rings. The van der Waals surface area contributed by atoms with Gasteiger partial charge in [-0.15, -0.1) is 11.3 Å². The molecule has 2 aromatic carbocycles. The first kappa shape index (κ1) is 24.6. The summed E-state index contributed by atoms with van der Waals surface area (Å²) in [5, 5.41) is 6.22. The van der Waals surface area contributed by atoms with Gasteiger partial charge in [0.25, 0.3) is 5.91 Å². The lowest BCUT2D eigenvalue weighted by molar-refractivity contribution is 0.0737. The Kier molecular flexibility index (Phi) is 7.75. The molecule has 1 amide bonds. The highest BCUT2D eigenvalue weighted by atomic mass is 32.1. The van der Waals surface area contributed by atoms with Crippen LogP contribution >= 0.6 is 11.3 Å². The first-order valence-electron chi connectivity index (χ1n) is 12.7. The normalized spacial score (nSPS) is 16.9. The Hall–Kier alpha value is -3.06. The number of nitrogens with one attached hydrogen (secondary N) is 1. The van der Waals surface area contributed by atoms with Crippen LogP contribution in [0.15, 0.2) is 72.1 Å². The summed E-state index contributed by atoms with van der Waals surface area (Å²) < 4.78 is 6.31. The van der Waals surface area contributed by atoms with E-state index in [1.807, 2.05) is 53.9 Å². The van der Waals surface area contributed by atoms with Gasteiger partial charge in [-0.05, 0) is 55.9 Å². The molecule has 0 saturated carbocycles. The number of pyridine rings is 1. The van der Waals surface area contributed by atoms with Crippen LogP contribution in [0.2, 0.25) is 0 Å². The molecule has 0 radical (unpaired) electrons. The fourth-order valence-corrected chi connectivity index (χ4v) is 5.83. The number of para-hydroxylation sites is 1. The summed E-state index contributed by atoms with van der Waals surface area (Å²) in [4.78, 5) is 22.4. The minimum absolute atomic E-state index is 0.0725. The van der Waals surface area contributed by atoms with Crippen LogP contribution in [-0.4, -0.2) is 42.0 Å². The Bertz CT molecular complexity index is 1310. The number of hydrogen-bond donors (Lipinski definition) is 1. The molecule has 3 heterocycles. The third-order valence-electron chi connectivity index (χ3n) is 7.12. The van der Waals surface area contributed by atoms with Crippen molar-refractivity contribution in [2.45, 2.75) is 44.9 Å². The number of thiophene rings is 1. The van der Waals surface area contributed by atoms with Gasteiger partial charge >= 0.3 is 0 Å². The zero-order valence-electron chi connectivity index (χ0n) is 20.9. The summed E-state index contributed by atoms with van der Waals surface area (Å²) in [7, 11) is 2.16. The predicted octanol–water partition coefficient (Wildman–Crippen LogP) is 6.46. The van der Waals surface area contributed by atoms with Crippen molar-refractivity contribution >= 4 is 28.1 Å². The highest BCUT2D eigenvalue weighted by Crippen LogP contribution is 2.34. The average Bonchev–Trinajstić information content (AvgIpc) is 3.59. The molecule has 1 fully saturated rings. The molecular weight excluding hydrogens is 466 g/mol. The van der Waals surface area contributed by atoms with E-state index in [1.54, 1.807) is 11.3 Å². The molecule has 5 nitrogen and oxygen atoms in total. The zero-order chi connectivity index (χ0) is 24.9. The maximum Gasteiger partial charge on any atom is 0.252 e. The van der Waals surface area contributed by atoms with Gasteiger partial charge in [-0.25, -0.2) is 4.98 Å². The van der Waals surface area contributed by atoms with Crippen LogP contribution in [0, 0.1) is 0 Å². The van der Waals surface area contributed by atoms with Crippen LogP contribution in [-0.2, 0) is 11.3 Å². The van der Waals surface area contributed by atoms with E-state index in [2.05, 4.69) is 42.4 Å². The summed E-state index contributed by atoms with van der Waals surface area (Å²) in [6.45, 7) is 4.20. The monoisotopic (exact) mass is 499 g/mol. The largest absolute Gasteiger partial charge is 0.375 e. The highest BCUT2D eigenvalue weighted by Gasteiger charge is 2.25. The molecular formula is C30H33N3O2S. The average molecular weight is 500 g/mol. The lowest BCUT2D eigenvalue weighted by Crippen LogP contribution is -2.31. The van der Waals surface area contributed by atoms with Crippen molar-refractivity contribution in [2.75, 3.05) is 20.2 Å². The Morgan fingerprint density at radius 3 is 2.67 bits per heavy atom. The standard InChI is InChI=1S/C30H33N3O2S/c1-3-25(21-11-5-4-6-12-21)32-30(34)28-23-14-7-8-15-26(23)31-29(27-16-10-18-36-27)24(28)20-35-19-22-13-9-17-33(22)2/h4-8,10-12,14-16,18,22,25H,3,9,13,17,19-20H2,1-2H3,(H,32,34)/t22-,25-/m0/s1. The Morgan fingerprint density at radius 2 is 1.94 bits per heavy atom. The van der Waals surface area contributed by atoms with Crippen molar-refractivity contribution in [3.63, 3.8) is 0 Å². The number of hydrogen-bond acceptors (Lipinski definition) is 5. The Morgan fingerprint density at radius 1 is 1.14 bits per heavy atom. The summed E-state index contributed by atoms with van der Waals surface area (Å²) in [5.74, 6) is -0.0845. The molecule has 1 aliphatic heterocycles. The van der Waals surface area contributed by atoms with Gasteiger partial charge in [0.1, 0.15) is 0 Å². The van der Waals surface area contributed by atoms with E-state index < -0.39 is 0 Å². The second kappa shape index (κ2) is 11.3. The van der Waals surface area contributed by atoms with Gasteiger partial charge < -0.3 is 15.0 Å². The van der Waals surface area contributed by atoms with Crippen LogP contribution in [0.1, 0.15) is 53.7 Å². The fraction of sp³-hybridized carbons (Fsp3) is 0.333. The molecule has 5 rings (SSSR count). The fourth-order valence-electron chi connectivity index (χ4n) is 5.09. The Labute approximate surface area is 217 Å². The molecule has 2 aromatic heterocycles. The molecule has 1 N–H and O–H groups in total. The van der Waals surface area contributed by atoms with Gasteiger partial charge in [0, 0.05) is 17.0 Å². The number of likely N-dealkylation sites (tertiary alicyclic amines) is 1. The molecule has 1 saturated heterocycles. The van der Waals surface area contributed by atoms with Gasteiger partial charge in [-0.2, -0.15) is 0 Å². The summed E-state index contributed by atoms with van der Waals surface area (Å²) in [5.41, 5.74) is 4.28. The van der Waals surface area contributed by atoms with Gasteiger partial charge in [0.05, 0.1) is 40.9 Å². The second-order valence-corrected chi connectivity index (χ2v) is 10.4. The predicted molar refractivity (Wildman–Crippen MR) is 147 cm³/mol. The molecule has 0 bridgehead atoms. The van der Waals surface area contributed by atoms with E-state index in [4.69, 9.17) is 9.72 Å². The number of carbonyl (C=O) groups is 1. The van der Waals surface area contributed by atoms with E-state index in [0.717, 1.165) is 52.0 Å². The zero-order valence-corrected chi connectivity index (χ0v) is 21.8. The quantitative estimate of drug-likeness (QED) is 0.287. The lowest BCUT2D eigenvalue weighted by Gasteiger charge is -2.22. The first-order valence-corrected chi connectivity index (χ1v) is 13.6. The molecule has 0 unspecified atom stereocenters. The molecule has 0 aliphatic carbocycles. The van der Waals surface area contributed by atoms with Gasteiger partial charge in [-0.3, -0.25) is 4.79 Å². The highest BCUT2D eigenvalue weighted by molar-refractivity contribution is 7.13. The maximum absolute atomic E-state index is 14.0. The molecule has 1 aliphatic rings. The van der Waals surface area contributed by atoms with E-state index in [9.17, 15) is 4.79 Å². The minimum atomic E-state index is -0.0845. The van der Waals surface area contributed by atoms with Crippen molar-refractivity contribution in [3.8, 4) is 10.6 Å². The van der Waals surface area contributed by atoms with Crippen molar-refractivity contribution in [3.05, 3.63) is 88.8 Å². The molecule has 2 atom stereocenters. The smallest absolute Gasteiger partial charge is 0.252 e. The van der Waals surface area contributed by atoms with Crippen molar-refractivity contribution in [2.24, 2.45) is 0 Å². The van der Waals surface area contributed by atoms with Gasteiger partial charge in [-0.1, -0.05) is 61.5 Å². The van der Waals surface area contributed by atoms with Crippen molar-refractivity contribution in [1.29, 1.82) is 0 Å². The number of aromatic nitrogens is 1. The number of rotatable bonds is 9. The number of benzene rings is 2. The topological polar surface area (TPSA) is 54.5 Å². The van der Waals surface area contributed by atoms with Crippen LogP contribution in [0.3, 0.4) is 0 Å². The second-order valence-electron chi connectivity index (χ2n) is 9.45. The van der Waals surface area contributed by atoms with Crippen LogP contribution < -0.4 is 5.32 Å². The summed E-state index contributed by atoms with van der Waals surface area (Å²) in [6, 6.07) is 22.5. The number of ether oxygens (including phenoxy) is 1. The van der Waals surface area contributed by atoms with E-state index in [-0.39, 0.29) is 11.9 Å². The van der Waals surface area contributed by atoms with Crippen molar-refractivity contribution < 1.29 is 9.53 Å². The lowest BCUT2D eigenvalue weighted by atomic mass is 9.97. The van der Waals surface area contributed by atoms with Crippen LogP contribution in [0.25, 0.3) is 21.5 Å². The maximum atomic E-state index is 14.0. The summed E-state index contributed by atoms with van der Waals surface area (Å²) in [6.07, 6.45) is 3.15.